The van der Waals surface area contributed by atoms with Gasteiger partial charge in [-0.3, -0.25) is 0 Å². The van der Waals surface area contributed by atoms with E-state index in [0.29, 0.717) is 5.69 Å². The lowest BCUT2D eigenvalue weighted by Gasteiger charge is -2.07. The van der Waals surface area contributed by atoms with Crippen LogP contribution in [0.1, 0.15) is 19.5 Å². The van der Waals surface area contributed by atoms with Crippen LogP contribution in [0.3, 0.4) is 0 Å². The second-order valence-electron chi connectivity index (χ2n) is 3.42. The Bertz CT molecular complexity index is 264. The first kappa shape index (κ1) is 9.58. The maximum absolute atomic E-state index is 13.3. The van der Waals surface area contributed by atoms with Gasteiger partial charge in [0, 0.05) is 6.07 Å². The van der Waals surface area contributed by atoms with Crippen molar-refractivity contribution in [1.82, 2.24) is 5.16 Å². The van der Waals surface area contributed by atoms with Crippen LogP contribution >= 0.6 is 10.9 Å². The molecule has 1 aromatic rings. The fourth-order valence-electron chi connectivity index (χ4n) is 0.757. The predicted octanol–water partition coefficient (Wildman–Crippen LogP) is 2.50. The molecular weight excluding hydrogens is 177 g/mol. The van der Waals surface area contributed by atoms with Gasteiger partial charge in [-0.05, 0) is 26.4 Å². The monoisotopic (exact) mass is 191 g/mol. The van der Waals surface area contributed by atoms with Gasteiger partial charge < -0.3 is 4.52 Å². The first-order chi connectivity index (χ1) is 5.41. The Hall–Kier alpha value is -0.510. The highest BCUT2D eigenvalue weighted by molar-refractivity contribution is 8.15. The zero-order chi connectivity index (χ0) is 9.35. The molecule has 0 spiro atoms. The Morgan fingerprint density at radius 1 is 1.50 bits per heavy atom. The van der Waals surface area contributed by atoms with Crippen molar-refractivity contribution in [2.45, 2.75) is 24.6 Å². The molecule has 1 heterocycles. The van der Waals surface area contributed by atoms with Crippen LogP contribution in [0.25, 0.3) is 0 Å². The van der Waals surface area contributed by atoms with E-state index in [-0.39, 0.29) is 10.9 Å². The quantitative estimate of drug-likeness (QED) is 0.727. The summed E-state index contributed by atoms with van der Waals surface area (Å²) in [5, 5.41) is 4.47. The molecule has 0 atom stereocenters. The molecule has 0 amide bonds. The SMILES string of the molecule is C[SH](C)c1cc(C(C)(C)F)no1. The van der Waals surface area contributed by atoms with Crippen LogP contribution < -0.4 is 0 Å². The van der Waals surface area contributed by atoms with Crippen molar-refractivity contribution in [3.63, 3.8) is 0 Å². The van der Waals surface area contributed by atoms with Gasteiger partial charge in [-0.1, -0.05) is 5.16 Å². The largest absolute Gasteiger partial charge is 0.351 e. The predicted molar refractivity (Wildman–Crippen MR) is 49.7 cm³/mol. The second kappa shape index (κ2) is 3.09. The van der Waals surface area contributed by atoms with E-state index < -0.39 is 5.67 Å². The number of thiol groups is 1. The lowest BCUT2D eigenvalue weighted by Crippen LogP contribution is -2.08. The van der Waals surface area contributed by atoms with E-state index in [2.05, 4.69) is 5.16 Å². The van der Waals surface area contributed by atoms with Gasteiger partial charge in [0.25, 0.3) is 0 Å². The van der Waals surface area contributed by atoms with Gasteiger partial charge in [0.1, 0.15) is 5.69 Å². The molecule has 0 N–H and O–H groups in total. The molecule has 0 radical (unpaired) electrons. The Balaban J connectivity index is 2.92. The molecule has 0 fully saturated rings. The molecule has 1 rings (SSSR count). The third-order valence-electron chi connectivity index (χ3n) is 1.55. The van der Waals surface area contributed by atoms with Gasteiger partial charge in [0.2, 0.25) is 0 Å². The summed E-state index contributed by atoms with van der Waals surface area (Å²) in [5.41, 5.74) is -1.01. The van der Waals surface area contributed by atoms with Gasteiger partial charge >= 0.3 is 0 Å². The Morgan fingerprint density at radius 3 is 2.33 bits per heavy atom. The smallest absolute Gasteiger partial charge is 0.173 e. The van der Waals surface area contributed by atoms with Crippen molar-refractivity contribution in [1.29, 1.82) is 0 Å². The highest BCUT2D eigenvalue weighted by Crippen LogP contribution is 2.32. The van der Waals surface area contributed by atoms with E-state index >= 15 is 0 Å². The summed E-state index contributed by atoms with van der Waals surface area (Å²) in [6.07, 6.45) is 4.09. The Kier molecular flexibility index (Phi) is 2.46. The van der Waals surface area contributed by atoms with Gasteiger partial charge in [0.05, 0.1) is 0 Å². The molecule has 0 aliphatic rings. The van der Waals surface area contributed by atoms with Crippen LogP contribution in [-0.2, 0) is 5.67 Å². The highest BCUT2D eigenvalue weighted by Gasteiger charge is 2.23. The van der Waals surface area contributed by atoms with Gasteiger partial charge in [0.15, 0.2) is 10.8 Å². The van der Waals surface area contributed by atoms with Crippen molar-refractivity contribution in [2.24, 2.45) is 0 Å². The maximum atomic E-state index is 13.3. The van der Waals surface area contributed by atoms with E-state index in [0.717, 1.165) is 5.09 Å². The second-order valence-corrected chi connectivity index (χ2v) is 5.65. The molecule has 0 saturated heterocycles. The standard InChI is InChI=1S/C8H14FNOS/c1-8(2,9)6-5-7(11-10-6)12(3)4/h5,12H,1-4H3. The molecule has 4 heteroatoms. The Labute approximate surface area is 74.5 Å². The normalized spacial score (nSPS) is 13.2. The van der Waals surface area contributed by atoms with E-state index in [1.165, 1.54) is 13.8 Å². The van der Waals surface area contributed by atoms with Crippen LogP contribution in [0.5, 0.6) is 0 Å². The topological polar surface area (TPSA) is 26.0 Å². The van der Waals surface area contributed by atoms with E-state index in [9.17, 15) is 4.39 Å². The summed E-state index contributed by atoms with van der Waals surface area (Å²) in [6.45, 7) is 2.95. The van der Waals surface area contributed by atoms with E-state index in [1.54, 1.807) is 6.07 Å². The fourth-order valence-corrected chi connectivity index (χ4v) is 1.34. The summed E-state index contributed by atoms with van der Waals surface area (Å²) < 4.78 is 18.3. The van der Waals surface area contributed by atoms with Gasteiger partial charge in [-0.25, -0.2) is 4.39 Å². The Morgan fingerprint density at radius 2 is 2.08 bits per heavy atom. The van der Waals surface area contributed by atoms with Crippen molar-refractivity contribution in [3.8, 4) is 0 Å². The molecule has 0 bridgehead atoms. The van der Waals surface area contributed by atoms with Crippen LogP contribution in [-0.4, -0.2) is 17.7 Å². The number of nitrogens with zero attached hydrogens (tertiary/aromatic N) is 1. The molecule has 2 nitrogen and oxygen atoms in total. The minimum absolute atomic E-state index is 0.318. The molecule has 0 unspecified atom stereocenters. The summed E-state index contributed by atoms with van der Waals surface area (Å²) in [6, 6.07) is 1.70. The van der Waals surface area contributed by atoms with Crippen LogP contribution in [0.4, 0.5) is 4.39 Å². The number of alkyl halides is 1. The third kappa shape index (κ3) is 2.00. The lowest BCUT2D eigenvalue weighted by atomic mass is 10.1. The number of hydrogen-bond donors (Lipinski definition) is 1. The first-order valence-corrected chi connectivity index (χ1v) is 5.98. The molecule has 12 heavy (non-hydrogen) atoms. The van der Waals surface area contributed by atoms with Crippen molar-refractivity contribution in [2.75, 3.05) is 12.5 Å². The fraction of sp³-hybridized carbons (Fsp3) is 0.625. The minimum atomic E-state index is -1.40. The molecule has 0 aliphatic carbocycles. The average Bonchev–Trinajstić information content (AvgIpc) is 2.30. The molecular formula is C8H14FNOS. The highest BCUT2D eigenvalue weighted by atomic mass is 32.2. The number of hydrogen-bond acceptors (Lipinski definition) is 2. The summed E-state index contributed by atoms with van der Waals surface area (Å²) in [4.78, 5) is 0. The number of halogens is 1. The van der Waals surface area contributed by atoms with Crippen molar-refractivity contribution < 1.29 is 8.91 Å². The minimum Gasteiger partial charge on any atom is -0.351 e. The van der Waals surface area contributed by atoms with Crippen LogP contribution in [0.2, 0.25) is 0 Å². The third-order valence-corrected chi connectivity index (χ3v) is 2.64. The molecule has 70 valence electrons. The van der Waals surface area contributed by atoms with E-state index in [1.807, 2.05) is 12.5 Å². The molecule has 0 saturated carbocycles. The number of aromatic nitrogens is 1. The maximum Gasteiger partial charge on any atom is 0.173 e. The average molecular weight is 191 g/mol. The van der Waals surface area contributed by atoms with Crippen molar-refractivity contribution >= 4 is 10.9 Å². The molecule has 0 aromatic carbocycles. The van der Waals surface area contributed by atoms with Crippen LogP contribution in [0, 0.1) is 0 Å². The zero-order valence-electron chi connectivity index (χ0n) is 7.76. The first-order valence-electron chi connectivity index (χ1n) is 3.74. The van der Waals surface area contributed by atoms with Gasteiger partial charge in [-0.15, -0.1) is 0 Å². The summed E-state index contributed by atoms with van der Waals surface area (Å²) >= 11 is 0. The van der Waals surface area contributed by atoms with Gasteiger partial charge in [-0.2, -0.15) is 10.9 Å². The summed E-state index contributed by atoms with van der Waals surface area (Å²) in [7, 11) is -0.318. The summed E-state index contributed by atoms with van der Waals surface area (Å²) in [5.74, 6) is 0. The molecule has 1 aromatic heterocycles. The van der Waals surface area contributed by atoms with E-state index in [4.69, 9.17) is 4.52 Å². The zero-order valence-corrected chi connectivity index (χ0v) is 8.65. The lowest BCUT2D eigenvalue weighted by molar-refractivity contribution is 0.202. The number of rotatable bonds is 2. The van der Waals surface area contributed by atoms with Crippen molar-refractivity contribution in [3.05, 3.63) is 11.8 Å². The van der Waals surface area contributed by atoms with Crippen LogP contribution in [0.15, 0.2) is 15.7 Å². The molecule has 0 aliphatic heterocycles.